The van der Waals surface area contributed by atoms with Gasteiger partial charge >= 0.3 is 5.69 Å². The number of nitrogens with zero attached hydrogens (tertiary/aromatic N) is 1. The number of aromatic nitrogens is 2. The van der Waals surface area contributed by atoms with E-state index in [0.29, 0.717) is 11.1 Å². The van der Waals surface area contributed by atoms with Crippen LogP contribution in [-0.4, -0.2) is 30.2 Å². The van der Waals surface area contributed by atoms with E-state index >= 15 is 0 Å². The van der Waals surface area contributed by atoms with Gasteiger partial charge in [0.1, 0.15) is 0 Å². The molecule has 8 heteroatoms. The van der Waals surface area contributed by atoms with Gasteiger partial charge in [0.05, 0.1) is 16.1 Å². The lowest BCUT2D eigenvalue weighted by Gasteiger charge is -2.06. The molecule has 0 atom stereocenters. The predicted molar refractivity (Wildman–Crippen MR) is 95.2 cm³/mol. The number of phenolic OH excluding ortho intramolecular Hbond substituents is 1. The molecule has 4 rings (SSSR count). The zero-order valence-electron chi connectivity index (χ0n) is 13.2. The summed E-state index contributed by atoms with van der Waals surface area (Å²) in [5.41, 5.74) is 1.76. The molecule has 0 unspecified atom stereocenters. The number of aromatic hydroxyl groups is 3. The minimum Gasteiger partial charge on any atom is -0.502 e. The molecule has 0 saturated heterocycles. The average molecular weight is 351 g/mol. The number of nitrogens with one attached hydrogen (secondary N) is 2. The van der Waals surface area contributed by atoms with Gasteiger partial charge < -0.3 is 20.3 Å². The first-order valence-electron chi connectivity index (χ1n) is 7.65. The largest absolute Gasteiger partial charge is 0.502 e. The lowest BCUT2D eigenvalue weighted by molar-refractivity contribution is -0.385. The molecule has 130 valence electrons. The molecule has 0 aliphatic carbocycles. The number of benzene rings is 2. The zero-order chi connectivity index (χ0) is 18.4. The first-order valence-corrected chi connectivity index (χ1v) is 7.65. The molecule has 26 heavy (non-hydrogen) atoms. The van der Waals surface area contributed by atoms with Crippen LogP contribution in [0.2, 0.25) is 0 Å². The summed E-state index contributed by atoms with van der Waals surface area (Å²) in [6.45, 7) is 0. The molecule has 2 heterocycles. The highest BCUT2D eigenvalue weighted by molar-refractivity contribution is 6.02. The summed E-state index contributed by atoms with van der Waals surface area (Å²) in [4.78, 5) is 15.9. The number of H-pyrrole nitrogens is 2. The number of nitro benzene ring substituents is 1. The van der Waals surface area contributed by atoms with Crippen molar-refractivity contribution in [3.63, 3.8) is 0 Å². The van der Waals surface area contributed by atoms with Crippen LogP contribution in [0, 0.1) is 10.1 Å². The van der Waals surface area contributed by atoms with Crippen LogP contribution in [0.25, 0.3) is 33.2 Å². The van der Waals surface area contributed by atoms with Gasteiger partial charge in [0.15, 0.2) is 17.5 Å². The normalized spacial score (nSPS) is 11.1. The third kappa shape index (κ3) is 2.24. The second kappa shape index (κ2) is 5.55. The van der Waals surface area contributed by atoms with E-state index in [4.69, 9.17) is 0 Å². The Balaban J connectivity index is 2.00. The maximum atomic E-state index is 11.1. The second-order valence-corrected chi connectivity index (χ2v) is 5.78. The van der Waals surface area contributed by atoms with Crippen molar-refractivity contribution < 1.29 is 20.2 Å². The molecule has 0 aliphatic rings. The van der Waals surface area contributed by atoms with Gasteiger partial charge in [0.2, 0.25) is 0 Å². The van der Waals surface area contributed by atoms with Gasteiger partial charge in [-0.1, -0.05) is 18.2 Å². The number of fused-ring (bicyclic) bond motifs is 1. The molecule has 0 spiro atoms. The first kappa shape index (κ1) is 15.6. The van der Waals surface area contributed by atoms with E-state index in [1.807, 2.05) is 24.3 Å². The highest BCUT2D eigenvalue weighted by Crippen LogP contribution is 2.47. The van der Waals surface area contributed by atoms with Gasteiger partial charge in [-0.3, -0.25) is 15.1 Å². The molecule has 2 aromatic carbocycles. The third-order valence-electron chi connectivity index (χ3n) is 4.28. The molecule has 5 N–H and O–H groups in total. The average Bonchev–Trinajstić information content (AvgIpc) is 3.15. The van der Waals surface area contributed by atoms with E-state index in [9.17, 15) is 25.4 Å². The fourth-order valence-electron chi connectivity index (χ4n) is 3.12. The van der Waals surface area contributed by atoms with Crippen molar-refractivity contribution >= 4 is 16.6 Å². The standard InChI is InChI=1S/C18H13N3O5/c22-14-6-5-9(7-13(14)21(25)26)15-16(18(24)20-17(15)23)11-8-19-12-4-2-1-3-10(11)12/h1-8,19-20,22-24H. The maximum absolute atomic E-state index is 11.1. The fourth-order valence-corrected chi connectivity index (χ4v) is 3.12. The zero-order valence-corrected chi connectivity index (χ0v) is 13.2. The minimum atomic E-state index is -0.715. The van der Waals surface area contributed by atoms with E-state index in [0.717, 1.165) is 17.0 Å². The SMILES string of the molecule is O=[N+]([O-])c1cc(-c2c(O)[nH]c(O)c2-c2c[nH]c3ccccc23)ccc1O. The molecular weight excluding hydrogens is 338 g/mol. The van der Waals surface area contributed by atoms with Crippen molar-refractivity contribution in [3.8, 4) is 39.8 Å². The monoisotopic (exact) mass is 351 g/mol. The Morgan fingerprint density at radius 1 is 0.962 bits per heavy atom. The summed E-state index contributed by atoms with van der Waals surface area (Å²) < 4.78 is 0. The van der Waals surface area contributed by atoms with Crippen molar-refractivity contribution in [1.29, 1.82) is 0 Å². The van der Waals surface area contributed by atoms with Crippen LogP contribution in [0.1, 0.15) is 0 Å². The Morgan fingerprint density at radius 3 is 2.46 bits per heavy atom. The van der Waals surface area contributed by atoms with Crippen LogP contribution in [0.3, 0.4) is 0 Å². The summed E-state index contributed by atoms with van der Waals surface area (Å²) >= 11 is 0. The van der Waals surface area contributed by atoms with Crippen LogP contribution < -0.4 is 0 Å². The van der Waals surface area contributed by atoms with Crippen molar-refractivity contribution in [3.05, 3.63) is 58.8 Å². The smallest absolute Gasteiger partial charge is 0.311 e. The Bertz CT molecular complexity index is 1160. The number of aromatic amines is 2. The Hall–Kier alpha value is -3.94. The highest BCUT2D eigenvalue weighted by atomic mass is 16.6. The topological polar surface area (TPSA) is 135 Å². The molecule has 0 bridgehead atoms. The van der Waals surface area contributed by atoms with E-state index in [2.05, 4.69) is 9.97 Å². The molecule has 4 aromatic rings. The number of hydrogen-bond acceptors (Lipinski definition) is 5. The predicted octanol–water partition coefficient (Wildman–Crippen LogP) is 3.86. The summed E-state index contributed by atoms with van der Waals surface area (Å²) in [7, 11) is 0. The molecule has 0 fully saturated rings. The number of para-hydroxylation sites is 1. The van der Waals surface area contributed by atoms with Crippen LogP contribution in [0.4, 0.5) is 5.69 Å². The van der Waals surface area contributed by atoms with Crippen molar-refractivity contribution in [1.82, 2.24) is 9.97 Å². The molecule has 0 aliphatic heterocycles. The van der Waals surface area contributed by atoms with Gasteiger partial charge in [-0.05, 0) is 23.8 Å². The van der Waals surface area contributed by atoms with E-state index < -0.39 is 16.4 Å². The number of hydrogen-bond donors (Lipinski definition) is 5. The summed E-state index contributed by atoms with van der Waals surface area (Å²) in [6.07, 6.45) is 1.69. The molecule has 2 aromatic heterocycles. The summed E-state index contributed by atoms with van der Waals surface area (Å²) in [5.74, 6) is -1.08. The van der Waals surface area contributed by atoms with E-state index in [-0.39, 0.29) is 22.9 Å². The number of nitro groups is 1. The van der Waals surface area contributed by atoms with Crippen LogP contribution in [0.5, 0.6) is 17.5 Å². The quantitative estimate of drug-likeness (QED) is 0.282. The van der Waals surface area contributed by atoms with Gasteiger partial charge in [-0.25, -0.2) is 0 Å². The highest BCUT2D eigenvalue weighted by Gasteiger charge is 2.24. The molecule has 0 amide bonds. The Morgan fingerprint density at radius 2 is 1.69 bits per heavy atom. The van der Waals surface area contributed by atoms with Gasteiger partial charge in [-0.2, -0.15) is 0 Å². The summed E-state index contributed by atoms with van der Waals surface area (Å²) in [5, 5.41) is 42.2. The second-order valence-electron chi connectivity index (χ2n) is 5.78. The lowest BCUT2D eigenvalue weighted by atomic mass is 9.97. The maximum Gasteiger partial charge on any atom is 0.311 e. The van der Waals surface area contributed by atoms with Crippen LogP contribution in [-0.2, 0) is 0 Å². The minimum absolute atomic E-state index is 0.204. The first-order chi connectivity index (χ1) is 12.5. The molecular formula is C18H13N3O5. The molecule has 0 saturated carbocycles. The van der Waals surface area contributed by atoms with Crippen molar-refractivity contribution in [2.45, 2.75) is 0 Å². The third-order valence-corrected chi connectivity index (χ3v) is 4.28. The van der Waals surface area contributed by atoms with Crippen LogP contribution in [0.15, 0.2) is 48.7 Å². The van der Waals surface area contributed by atoms with E-state index in [1.165, 1.54) is 12.1 Å². The summed E-state index contributed by atoms with van der Waals surface area (Å²) in [6, 6.07) is 11.2. The number of phenols is 1. The van der Waals surface area contributed by atoms with E-state index in [1.54, 1.807) is 6.20 Å². The van der Waals surface area contributed by atoms with Crippen LogP contribution >= 0.6 is 0 Å². The van der Waals surface area contributed by atoms with Gasteiger partial charge in [0, 0.05) is 28.7 Å². The molecule has 0 radical (unpaired) electrons. The lowest BCUT2D eigenvalue weighted by Crippen LogP contribution is -1.90. The Kier molecular flexibility index (Phi) is 3.33. The van der Waals surface area contributed by atoms with Crippen molar-refractivity contribution in [2.24, 2.45) is 0 Å². The fraction of sp³-hybridized carbons (Fsp3) is 0. The molecule has 8 nitrogen and oxygen atoms in total. The van der Waals surface area contributed by atoms with Crippen molar-refractivity contribution in [2.75, 3.05) is 0 Å². The van der Waals surface area contributed by atoms with Gasteiger partial charge in [0.25, 0.3) is 0 Å². The number of rotatable bonds is 3. The Labute approximate surface area is 146 Å². The van der Waals surface area contributed by atoms with Gasteiger partial charge in [-0.15, -0.1) is 0 Å².